The molecule has 0 bridgehead atoms. The van der Waals surface area contributed by atoms with Crippen LogP contribution in [0, 0.1) is 11.3 Å². The third kappa shape index (κ3) is 1.82. The Hall–Kier alpha value is -0.0400. The van der Waals surface area contributed by atoms with E-state index in [1.54, 1.807) is 0 Å². The zero-order chi connectivity index (χ0) is 8.60. The SMILES string of the molecule is CC(C)CN1CCC2(CC1)CC2. The Morgan fingerprint density at radius 1 is 1.08 bits per heavy atom. The molecule has 2 fully saturated rings. The Labute approximate surface area is 76.1 Å². The minimum Gasteiger partial charge on any atom is -0.303 e. The molecule has 1 spiro atoms. The summed E-state index contributed by atoms with van der Waals surface area (Å²) in [4.78, 5) is 2.65. The molecule has 70 valence electrons. The summed E-state index contributed by atoms with van der Waals surface area (Å²) in [6.45, 7) is 8.70. The molecule has 1 saturated carbocycles. The van der Waals surface area contributed by atoms with Crippen LogP contribution >= 0.6 is 0 Å². The number of hydrogen-bond acceptors (Lipinski definition) is 1. The van der Waals surface area contributed by atoms with E-state index >= 15 is 0 Å². The van der Waals surface area contributed by atoms with Crippen molar-refractivity contribution < 1.29 is 0 Å². The van der Waals surface area contributed by atoms with Crippen molar-refractivity contribution in [1.29, 1.82) is 0 Å². The van der Waals surface area contributed by atoms with E-state index in [9.17, 15) is 0 Å². The van der Waals surface area contributed by atoms with Gasteiger partial charge in [-0.05, 0) is 50.1 Å². The summed E-state index contributed by atoms with van der Waals surface area (Å²) in [5.41, 5.74) is 0.855. The van der Waals surface area contributed by atoms with Crippen LogP contribution in [0.5, 0.6) is 0 Å². The number of rotatable bonds is 2. The summed E-state index contributed by atoms with van der Waals surface area (Å²) in [5, 5.41) is 0. The summed E-state index contributed by atoms with van der Waals surface area (Å²) >= 11 is 0. The molecule has 1 heterocycles. The van der Waals surface area contributed by atoms with Gasteiger partial charge in [0.25, 0.3) is 0 Å². The molecule has 0 atom stereocenters. The maximum absolute atomic E-state index is 2.65. The summed E-state index contributed by atoms with van der Waals surface area (Å²) in [6.07, 6.45) is 6.03. The van der Waals surface area contributed by atoms with Crippen molar-refractivity contribution in [3.63, 3.8) is 0 Å². The van der Waals surface area contributed by atoms with Crippen molar-refractivity contribution in [3.8, 4) is 0 Å². The van der Waals surface area contributed by atoms with Gasteiger partial charge in [-0.25, -0.2) is 0 Å². The van der Waals surface area contributed by atoms with Crippen LogP contribution in [0.1, 0.15) is 39.5 Å². The Balaban J connectivity index is 1.74. The highest BCUT2D eigenvalue weighted by Gasteiger charge is 2.44. The lowest BCUT2D eigenvalue weighted by molar-refractivity contribution is 0.157. The van der Waals surface area contributed by atoms with E-state index in [-0.39, 0.29) is 0 Å². The smallest absolute Gasteiger partial charge is 0.000439 e. The van der Waals surface area contributed by atoms with E-state index in [0.29, 0.717) is 0 Å². The van der Waals surface area contributed by atoms with Gasteiger partial charge < -0.3 is 4.90 Å². The van der Waals surface area contributed by atoms with Crippen molar-refractivity contribution in [2.24, 2.45) is 11.3 Å². The molecule has 0 radical (unpaired) electrons. The quantitative estimate of drug-likeness (QED) is 0.611. The van der Waals surface area contributed by atoms with Gasteiger partial charge in [-0.3, -0.25) is 0 Å². The predicted octanol–water partition coefficient (Wildman–Crippen LogP) is 2.52. The summed E-state index contributed by atoms with van der Waals surface area (Å²) in [6, 6.07) is 0. The third-order valence-electron chi connectivity index (χ3n) is 3.50. The van der Waals surface area contributed by atoms with E-state index in [4.69, 9.17) is 0 Å². The second-order valence-corrected chi connectivity index (χ2v) is 5.19. The van der Waals surface area contributed by atoms with Crippen LogP contribution < -0.4 is 0 Å². The molecule has 0 unspecified atom stereocenters. The van der Waals surface area contributed by atoms with E-state index in [1.807, 2.05) is 0 Å². The molecule has 0 aromatic heterocycles. The first-order valence-corrected chi connectivity index (χ1v) is 5.43. The molecule has 0 aromatic carbocycles. The number of piperidine rings is 1. The zero-order valence-corrected chi connectivity index (χ0v) is 8.47. The normalized spacial score (nSPS) is 28.2. The van der Waals surface area contributed by atoms with Crippen LogP contribution in [0.25, 0.3) is 0 Å². The molecule has 1 aliphatic heterocycles. The average Bonchev–Trinajstić information content (AvgIpc) is 2.75. The van der Waals surface area contributed by atoms with Gasteiger partial charge in [0.2, 0.25) is 0 Å². The van der Waals surface area contributed by atoms with Crippen LogP contribution in [0.4, 0.5) is 0 Å². The van der Waals surface area contributed by atoms with Gasteiger partial charge in [-0.1, -0.05) is 13.8 Å². The Kier molecular flexibility index (Phi) is 2.16. The Bertz CT molecular complexity index is 148. The van der Waals surface area contributed by atoms with Crippen molar-refractivity contribution in [2.75, 3.05) is 19.6 Å². The molecule has 1 nitrogen and oxygen atoms in total. The predicted molar refractivity (Wildman–Crippen MR) is 52.2 cm³/mol. The second-order valence-electron chi connectivity index (χ2n) is 5.19. The first-order valence-electron chi connectivity index (χ1n) is 5.43. The van der Waals surface area contributed by atoms with Gasteiger partial charge in [-0.15, -0.1) is 0 Å². The fourth-order valence-electron chi connectivity index (χ4n) is 2.40. The van der Waals surface area contributed by atoms with E-state index in [0.717, 1.165) is 11.3 Å². The monoisotopic (exact) mass is 167 g/mol. The average molecular weight is 167 g/mol. The highest BCUT2D eigenvalue weighted by molar-refractivity contribution is 4.96. The molecule has 1 saturated heterocycles. The lowest BCUT2D eigenvalue weighted by Gasteiger charge is -2.33. The van der Waals surface area contributed by atoms with Crippen molar-refractivity contribution >= 4 is 0 Å². The third-order valence-corrected chi connectivity index (χ3v) is 3.50. The summed E-state index contributed by atoms with van der Waals surface area (Å²) in [5.74, 6) is 0.846. The van der Waals surface area contributed by atoms with E-state index < -0.39 is 0 Å². The number of likely N-dealkylation sites (tertiary alicyclic amines) is 1. The van der Waals surface area contributed by atoms with E-state index in [1.165, 1.54) is 45.3 Å². The molecule has 0 N–H and O–H groups in total. The van der Waals surface area contributed by atoms with Crippen molar-refractivity contribution in [1.82, 2.24) is 4.90 Å². The van der Waals surface area contributed by atoms with Crippen LogP contribution in [0.3, 0.4) is 0 Å². The Morgan fingerprint density at radius 3 is 2.08 bits per heavy atom. The van der Waals surface area contributed by atoms with Crippen molar-refractivity contribution in [3.05, 3.63) is 0 Å². The van der Waals surface area contributed by atoms with Gasteiger partial charge >= 0.3 is 0 Å². The molecule has 0 amide bonds. The first kappa shape index (κ1) is 8.55. The number of nitrogens with zero attached hydrogens (tertiary/aromatic N) is 1. The lowest BCUT2D eigenvalue weighted by Crippen LogP contribution is -2.36. The Morgan fingerprint density at radius 2 is 1.67 bits per heavy atom. The largest absolute Gasteiger partial charge is 0.303 e. The fourth-order valence-corrected chi connectivity index (χ4v) is 2.40. The highest BCUT2D eigenvalue weighted by atomic mass is 15.1. The molecule has 1 aliphatic carbocycles. The maximum atomic E-state index is 2.65. The maximum Gasteiger partial charge on any atom is 0.000439 e. The molecule has 1 heteroatoms. The van der Waals surface area contributed by atoms with Crippen LogP contribution in [0.15, 0.2) is 0 Å². The van der Waals surface area contributed by atoms with Gasteiger partial charge in [0.1, 0.15) is 0 Å². The van der Waals surface area contributed by atoms with Crippen LogP contribution in [0.2, 0.25) is 0 Å². The molecule has 12 heavy (non-hydrogen) atoms. The molecular weight excluding hydrogens is 146 g/mol. The molecule has 2 rings (SSSR count). The molecular formula is C11H21N. The van der Waals surface area contributed by atoms with Gasteiger partial charge in [0.05, 0.1) is 0 Å². The highest BCUT2D eigenvalue weighted by Crippen LogP contribution is 2.53. The van der Waals surface area contributed by atoms with Gasteiger partial charge in [0, 0.05) is 6.54 Å². The number of hydrogen-bond donors (Lipinski definition) is 0. The molecule has 0 aromatic rings. The fraction of sp³-hybridized carbons (Fsp3) is 1.00. The minimum atomic E-state index is 0.846. The van der Waals surface area contributed by atoms with Crippen LogP contribution in [-0.4, -0.2) is 24.5 Å². The second kappa shape index (κ2) is 3.02. The van der Waals surface area contributed by atoms with Crippen LogP contribution in [-0.2, 0) is 0 Å². The zero-order valence-electron chi connectivity index (χ0n) is 8.47. The first-order chi connectivity index (χ1) is 5.70. The van der Waals surface area contributed by atoms with E-state index in [2.05, 4.69) is 18.7 Å². The van der Waals surface area contributed by atoms with Crippen molar-refractivity contribution in [2.45, 2.75) is 39.5 Å². The minimum absolute atomic E-state index is 0.846. The lowest BCUT2D eigenvalue weighted by atomic mass is 9.93. The summed E-state index contributed by atoms with van der Waals surface area (Å²) in [7, 11) is 0. The molecule has 2 aliphatic rings. The summed E-state index contributed by atoms with van der Waals surface area (Å²) < 4.78 is 0. The van der Waals surface area contributed by atoms with Gasteiger partial charge in [-0.2, -0.15) is 0 Å². The topological polar surface area (TPSA) is 3.24 Å². The van der Waals surface area contributed by atoms with Gasteiger partial charge in [0.15, 0.2) is 0 Å². The standard InChI is InChI=1S/C11H21N/c1-10(2)9-12-7-5-11(3-4-11)6-8-12/h10H,3-9H2,1-2H3.